The van der Waals surface area contributed by atoms with Crippen LogP contribution < -0.4 is 5.32 Å². The van der Waals surface area contributed by atoms with Crippen LogP contribution in [0.25, 0.3) is 0 Å². The third-order valence-electron chi connectivity index (χ3n) is 1.85. The van der Waals surface area contributed by atoms with Crippen LogP contribution in [0.2, 0.25) is 0 Å². The van der Waals surface area contributed by atoms with Gasteiger partial charge in [0.15, 0.2) is 11.6 Å². The second-order valence-electron chi connectivity index (χ2n) is 3.02. The molecule has 1 aromatic carbocycles. The fraction of sp³-hybridized carbons (Fsp3) is 0.273. The molecule has 0 fully saturated rings. The highest BCUT2D eigenvalue weighted by atomic mass is 19.2. The first-order valence-corrected chi connectivity index (χ1v) is 4.27. The fourth-order valence-corrected chi connectivity index (χ4v) is 0.979. The Morgan fingerprint density at radius 1 is 1.43 bits per heavy atom. The quantitative estimate of drug-likeness (QED) is 0.728. The van der Waals surface area contributed by atoms with Gasteiger partial charge in [-0.3, -0.25) is 5.32 Å². The largest absolute Gasteiger partial charge is 0.300 e. The number of rotatable bonds is 3. The Hall–Kier alpha value is -1.40. The third-order valence-corrected chi connectivity index (χ3v) is 1.85. The van der Waals surface area contributed by atoms with E-state index in [0.717, 1.165) is 12.1 Å². The average Bonchev–Trinajstić information content (AvgIpc) is 2.19. The zero-order valence-corrected chi connectivity index (χ0v) is 7.85. The van der Waals surface area contributed by atoms with Crippen LogP contribution in [-0.2, 0) is 6.54 Å². The first-order chi connectivity index (χ1) is 6.63. The van der Waals surface area contributed by atoms with Crippen LogP contribution >= 0.6 is 0 Å². The van der Waals surface area contributed by atoms with Gasteiger partial charge in [-0.05, 0) is 24.6 Å². The summed E-state index contributed by atoms with van der Waals surface area (Å²) in [6.45, 7) is 2.25. The fourth-order valence-electron chi connectivity index (χ4n) is 0.979. The average molecular weight is 195 g/mol. The van der Waals surface area contributed by atoms with Gasteiger partial charge in [0, 0.05) is 6.54 Å². The van der Waals surface area contributed by atoms with Gasteiger partial charge in [0.25, 0.3) is 0 Å². The highest BCUT2D eigenvalue weighted by molar-refractivity contribution is 5.17. The van der Waals surface area contributed by atoms with Crippen LogP contribution in [0.15, 0.2) is 18.2 Å². The summed E-state index contributed by atoms with van der Waals surface area (Å²) in [6, 6.07) is 3.70. The van der Waals surface area contributed by atoms with Crippen LogP contribution in [0.1, 0.15) is 12.5 Å². The molecule has 1 atom stereocenters. The van der Waals surface area contributed by atoms with E-state index >= 15 is 0 Å². The maximum Gasteiger partial charge on any atom is 0.159 e. The van der Waals surface area contributed by atoms with E-state index in [2.05, 4.69) is 11.2 Å². The molecule has 1 rings (SSSR count). The molecule has 3 heteroatoms. The molecule has 1 nitrogen and oxygen atoms in total. The molecule has 0 aliphatic rings. The minimum absolute atomic E-state index is 0.0804. The molecule has 1 unspecified atom stereocenters. The van der Waals surface area contributed by atoms with Gasteiger partial charge in [0.05, 0.1) is 6.04 Å². The second-order valence-corrected chi connectivity index (χ2v) is 3.02. The van der Waals surface area contributed by atoms with Crippen molar-refractivity contribution >= 4 is 0 Å². The molecule has 0 saturated heterocycles. The molecule has 0 spiro atoms. The molecular formula is C11H11F2N. The zero-order chi connectivity index (χ0) is 10.6. The number of hydrogen-bond acceptors (Lipinski definition) is 1. The molecule has 0 amide bonds. The van der Waals surface area contributed by atoms with Crippen molar-refractivity contribution < 1.29 is 8.78 Å². The Morgan fingerprint density at radius 3 is 2.71 bits per heavy atom. The van der Waals surface area contributed by atoms with Gasteiger partial charge in [0.1, 0.15) is 0 Å². The molecule has 74 valence electrons. The highest BCUT2D eigenvalue weighted by Crippen LogP contribution is 2.08. The molecule has 0 radical (unpaired) electrons. The Bertz CT molecular complexity index is 355. The Morgan fingerprint density at radius 2 is 2.14 bits per heavy atom. The standard InChI is InChI=1S/C11H11F2N/c1-3-8(2)14-7-9-4-5-10(12)11(13)6-9/h1,4-6,8,14H,7H2,2H3. The normalized spacial score (nSPS) is 12.1. The van der Waals surface area contributed by atoms with E-state index in [1.165, 1.54) is 6.07 Å². The van der Waals surface area contributed by atoms with E-state index in [1.54, 1.807) is 0 Å². The van der Waals surface area contributed by atoms with Crippen molar-refractivity contribution in [3.63, 3.8) is 0 Å². The Kier molecular flexibility index (Phi) is 3.61. The lowest BCUT2D eigenvalue weighted by atomic mass is 10.2. The van der Waals surface area contributed by atoms with E-state index in [1.807, 2.05) is 6.92 Å². The molecule has 0 heterocycles. The lowest BCUT2D eigenvalue weighted by Gasteiger charge is -2.07. The lowest BCUT2D eigenvalue weighted by Crippen LogP contribution is -2.23. The molecule has 14 heavy (non-hydrogen) atoms. The van der Waals surface area contributed by atoms with Gasteiger partial charge >= 0.3 is 0 Å². The predicted octanol–water partition coefficient (Wildman–Crippen LogP) is 2.08. The van der Waals surface area contributed by atoms with Crippen LogP contribution in [0.4, 0.5) is 8.78 Å². The first kappa shape index (κ1) is 10.7. The van der Waals surface area contributed by atoms with Crippen LogP contribution in [-0.4, -0.2) is 6.04 Å². The molecule has 0 saturated carbocycles. The van der Waals surface area contributed by atoms with Crippen molar-refractivity contribution in [1.29, 1.82) is 0 Å². The summed E-state index contributed by atoms with van der Waals surface area (Å²) in [5.41, 5.74) is 0.672. The first-order valence-electron chi connectivity index (χ1n) is 4.27. The number of nitrogens with one attached hydrogen (secondary N) is 1. The van der Waals surface area contributed by atoms with E-state index in [9.17, 15) is 8.78 Å². The van der Waals surface area contributed by atoms with Crippen molar-refractivity contribution in [1.82, 2.24) is 5.32 Å². The van der Waals surface area contributed by atoms with E-state index in [0.29, 0.717) is 12.1 Å². The van der Waals surface area contributed by atoms with Gasteiger partial charge < -0.3 is 0 Å². The van der Waals surface area contributed by atoms with Gasteiger partial charge in [-0.1, -0.05) is 12.0 Å². The van der Waals surface area contributed by atoms with Gasteiger partial charge in [-0.2, -0.15) is 0 Å². The minimum atomic E-state index is -0.835. The smallest absolute Gasteiger partial charge is 0.159 e. The number of terminal acetylenes is 1. The summed E-state index contributed by atoms with van der Waals surface area (Å²) in [5.74, 6) is 0.812. The van der Waals surface area contributed by atoms with Gasteiger partial charge in [0.2, 0.25) is 0 Å². The maximum absolute atomic E-state index is 12.7. The van der Waals surface area contributed by atoms with Crippen molar-refractivity contribution in [3.8, 4) is 12.3 Å². The summed E-state index contributed by atoms with van der Waals surface area (Å²) < 4.78 is 25.3. The molecule has 0 aromatic heterocycles. The van der Waals surface area contributed by atoms with Crippen molar-refractivity contribution in [2.75, 3.05) is 0 Å². The van der Waals surface area contributed by atoms with Crippen molar-refractivity contribution in [3.05, 3.63) is 35.4 Å². The predicted molar refractivity (Wildman–Crippen MR) is 51.5 cm³/mol. The molecule has 0 aliphatic heterocycles. The van der Waals surface area contributed by atoms with E-state index in [4.69, 9.17) is 6.42 Å². The number of halogens is 2. The summed E-state index contributed by atoms with van der Waals surface area (Å²) in [4.78, 5) is 0. The number of hydrogen-bond donors (Lipinski definition) is 1. The lowest BCUT2D eigenvalue weighted by molar-refractivity contribution is 0.505. The summed E-state index contributed by atoms with van der Waals surface area (Å²) in [7, 11) is 0. The zero-order valence-electron chi connectivity index (χ0n) is 7.85. The number of benzene rings is 1. The Labute approximate surface area is 82.1 Å². The van der Waals surface area contributed by atoms with E-state index in [-0.39, 0.29) is 6.04 Å². The minimum Gasteiger partial charge on any atom is -0.300 e. The van der Waals surface area contributed by atoms with Crippen molar-refractivity contribution in [2.24, 2.45) is 0 Å². The summed E-state index contributed by atoms with van der Waals surface area (Å²) in [6.07, 6.45) is 5.14. The third kappa shape index (κ3) is 2.82. The monoisotopic (exact) mass is 195 g/mol. The highest BCUT2D eigenvalue weighted by Gasteiger charge is 2.02. The van der Waals surface area contributed by atoms with E-state index < -0.39 is 11.6 Å². The maximum atomic E-state index is 12.7. The molecule has 1 N–H and O–H groups in total. The molecule has 0 aliphatic carbocycles. The summed E-state index contributed by atoms with van der Waals surface area (Å²) in [5, 5.41) is 2.97. The molecular weight excluding hydrogens is 184 g/mol. The van der Waals surface area contributed by atoms with Gasteiger partial charge in [-0.25, -0.2) is 8.78 Å². The SMILES string of the molecule is C#CC(C)NCc1ccc(F)c(F)c1. The molecule has 0 bridgehead atoms. The van der Waals surface area contributed by atoms with Crippen LogP contribution in [0.3, 0.4) is 0 Å². The molecule has 1 aromatic rings. The summed E-state index contributed by atoms with van der Waals surface area (Å²) >= 11 is 0. The van der Waals surface area contributed by atoms with Crippen LogP contribution in [0, 0.1) is 24.0 Å². The van der Waals surface area contributed by atoms with Crippen LogP contribution in [0.5, 0.6) is 0 Å². The topological polar surface area (TPSA) is 12.0 Å². The second kappa shape index (κ2) is 4.73. The Balaban J connectivity index is 2.61. The van der Waals surface area contributed by atoms with Crippen molar-refractivity contribution in [2.45, 2.75) is 19.5 Å². The van der Waals surface area contributed by atoms with Gasteiger partial charge in [-0.15, -0.1) is 6.42 Å².